The van der Waals surface area contributed by atoms with E-state index in [1.807, 2.05) is 30.3 Å². The third-order valence-electron chi connectivity index (χ3n) is 2.30. The third kappa shape index (κ3) is 2.12. The van der Waals surface area contributed by atoms with Crippen molar-refractivity contribution in [2.24, 2.45) is 5.92 Å². The van der Waals surface area contributed by atoms with Gasteiger partial charge in [-0.3, -0.25) is 0 Å². The van der Waals surface area contributed by atoms with E-state index in [2.05, 4.69) is 0 Å². The van der Waals surface area contributed by atoms with E-state index >= 15 is 0 Å². The van der Waals surface area contributed by atoms with Crippen molar-refractivity contribution in [3.8, 4) is 0 Å². The summed E-state index contributed by atoms with van der Waals surface area (Å²) in [5, 5.41) is 8.89. The molecule has 1 saturated heterocycles. The Morgan fingerprint density at radius 1 is 1.14 bits per heavy atom. The van der Waals surface area contributed by atoms with Crippen LogP contribution in [0, 0.1) is 5.92 Å². The molecule has 3 nitrogen and oxygen atoms in total. The van der Waals surface area contributed by atoms with Gasteiger partial charge in [0.1, 0.15) is 0 Å². The molecular formula is C11H14O3. The van der Waals surface area contributed by atoms with Crippen LogP contribution in [0.25, 0.3) is 0 Å². The maximum Gasteiger partial charge on any atom is 0.183 e. The third-order valence-corrected chi connectivity index (χ3v) is 2.30. The average molecular weight is 194 g/mol. The van der Waals surface area contributed by atoms with E-state index < -0.39 is 0 Å². The van der Waals surface area contributed by atoms with Crippen molar-refractivity contribution in [2.75, 3.05) is 19.8 Å². The highest BCUT2D eigenvalue weighted by Gasteiger charge is 2.22. The molecule has 1 N–H and O–H groups in total. The molecule has 1 aliphatic rings. The molecule has 2 rings (SSSR count). The minimum absolute atomic E-state index is 0.120. The highest BCUT2D eigenvalue weighted by atomic mass is 16.7. The molecule has 14 heavy (non-hydrogen) atoms. The van der Waals surface area contributed by atoms with Crippen molar-refractivity contribution in [3.63, 3.8) is 0 Å². The van der Waals surface area contributed by atoms with Crippen LogP contribution in [0.3, 0.4) is 0 Å². The fourth-order valence-electron chi connectivity index (χ4n) is 1.45. The smallest absolute Gasteiger partial charge is 0.183 e. The summed E-state index contributed by atoms with van der Waals surface area (Å²) < 4.78 is 11.0. The molecule has 0 radical (unpaired) electrons. The van der Waals surface area contributed by atoms with E-state index in [4.69, 9.17) is 14.6 Å². The summed E-state index contributed by atoms with van der Waals surface area (Å²) >= 11 is 0. The van der Waals surface area contributed by atoms with E-state index in [9.17, 15) is 0 Å². The van der Waals surface area contributed by atoms with Crippen molar-refractivity contribution in [1.82, 2.24) is 0 Å². The van der Waals surface area contributed by atoms with Crippen molar-refractivity contribution >= 4 is 0 Å². The SMILES string of the molecule is OCC1COC(c2ccccc2)OC1. The van der Waals surface area contributed by atoms with Crippen molar-refractivity contribution in [1.29, 1.82) is 0 Å². The van der Waals surface area contributed by atoms with Gasteiger partial charge in [-0.15, -0.1) is 0 Å². The molecule has 1 fully saturated rings. The Morgan fingerprint density at radius 3 is 2.36 bits per heavy atom. The Hall–Kier alpha value is -0.900. The minimum Gasteiger partial charge on any atom is -0.396 e. The first-order chi connectivity index (χ1) is 6.90. The first kappa shape index (κ1) is 9.65. The molecule has 0 aromatic heterocycles. The Labute approximate surface area is 83.3 Å². The second kappa shape index (κ2) is 4.55. The predicted molar refractivity (Wildman–Crippen MR) is 51.7 cm³/mol. The average Bonchev–Trinajstić information content (AvgIpc) is 2.30. The summed E-state index contributed by atoms with van der Waals surface area (Å²) in [6.45, 7) is 1.26. The maximum atomic E-state index is 8.89. The second-order valence-corrected chi connectivity index (χ2v) is 3.46. The Bertz CT molecular complexity index is 265. The van der Waals surface area contributed by atoms with Crippen LogP contribution in [0.4, 0.5) is 0 Å². The molecule has 1 aromatic carbocycles. The number of hydrogen-bond acceptors (Lipinski definition) is 3. The standard InChI is InChI=1S/C11H14O3/c12-6-9-7-13-11(14-8-9)10-4-2-1-3-5-10/h1-5,9,11-12H,6-8H2. The zero-order chi connectivity index (χ0) is 9.80. The van der Waals surface area contributed by atoms with Crippen LogP contribution < -0.4 is 0 Å². The highest BCUT2D eigenvalue weighted by Crippen LogP contribution is 2.24. The summed E-state index contributed by atoms with van der Waals surface area (Å²) in [5.74, 6) is 0.120. The summed E-state index contributed by atoms with van der Waals surface area (Å²) in [5.41, 5.74) is 1.03. The van der Waals surface area contributed by atoms with Gasteiger partial charge in [0, 0.05) is 11.5 Å². The highest BCUT2D eigenvalue weighted by molar-refractivity contribution is 5.16. The number of benzene rings is 1. The largest absolute Gasteiger partial charge is 0.396 e. The molecule has 0 unspecified atom stereocenters. The van der Waals surface area contributed by atoms with Gasteiger partial charge < -0.3 is 14.6 Å². The number of hydrogen-bond donors (Lipinski definition) is 1. The quantitative estimate of drug-likeness (QED) is 0.772. The van der Waals surface area contributed by atoms with Crippen LogP contribution in [-0.4, -0.2) is 24.9 Å². The van der Waals surface area contributed by atoms with Gasteiger partial charge in [-0.05, 0) is 0 Å². The number of rotatable bonds is 2. The van der Waals surface area contributed by atoms with Crippen LogP contribution >= 0.6 is 0 Å². The van der Waals surface area contributed by atoms with Gasteiger partial charge in [-0.25, -0.2) is 0 Å². The topological polar surface area (TPSA) is 38.7 Å². The van der Waals surface area contributed by atoms with Crippen molar-refractivity contribution in [3.05, 3.63) is 35.9 Å². The summed E-state index contributed by atoms with van der Waals surface area (Å²) in [4.78, 5) is 0. The lowest BCUT2D eigenvalue weighted by Gasteiger charge is -2.28. The monoisotopic (exact) mass is 194 g/mol. The van der Waals surface area contributed by atoms with E-state index in [1.54, 1.807) is 0 Å². The lowest BCUT2D eigenvalue weighted by atomic mass is 10.1. The normalized spacial score (nSPS) is 27.5. The fourth-order valence-corrected chi connectivity index (χ4v) is 1.45. The molecule has 3 heteroatoms. The predicted octanol–water partition coefficient (Wildman–Crippen LogP) is 1.34. The first-order valence-electron chi connectivity index (χ1n) is 4.79. The van der Waals surface area contributed by atoms with Crippen LogP contribution in [0.2, 0.25) is 0 Å². The molecule has 1 aromatic rings. The van der Waals surface area contributed by atoms with Gasteiger partial charge in [-0.1, -0.05) is 30.3 Å². The lowest BCUT2D eigenvalue weighted by molar-refractivity contribution is -0.209. The zero-order valence-corrected chi connectivity index (χ0v) is 7.93. The Morgan fingerprint density at radius 2 is 1.79 bits per heavy atom. The molecule has 0 aliphatic carbocycles. The van der Waals surface area contributed by atoms with Crippen LogP contribution in [0.15, 0.2) is 30.3 Å². The van der Waals surface area contributed by atoms with Gasteiger partial charge in [-0.2, -0.15) is 0 Å². The van der Waals surface area contributed by atoms with E-state index in [0.29, 0.717) is 13.2 Å². The summed E-state index contributed by atoms with van der Waals surface area (Å²) in [6.07, 6.45) is -0.265. The van der Waals surface area contributed by atoms with Gasteiger partial charge in [0.2, 0.25) is 0 Å². The molecule has 76 valence electrons. The number of aliphatic hydroxyl groups is 1. The molecule has 1 aliphatic heterocycles. The van der Waals surface area contributed by atoms with Crippen LogP contribution in [0.1, 0.15) is 11.9 Å². The molecule has 0 amide bonds. The molecule has 0 atom stereocenters. The van der Waals surface area contributed by atoms with Gasteiger partial charge in [0.15, 0.2) is 6.29 Å². The van der Waals surface area contributed by atoms with Gasteiger partial charge in [0.05, 0.1) is 19.8 Å². The lowest BCUT2D eigenvalue weighted by Crippen LogP contribution is -2.29. The summed E-state index contributed by atoms with van der Waals surface area (Å²) in [7, 11) is 0. The van der Waals surface area contributed by atoms with E-state index in [1.165, 1.54) is 0 Å². The maximum absolute atomic E-state index is 8.89. The number of ether oxygens (including phenoxy) is 2. The minimum atomic E-state index is -0.265. The number of aliphatic hydroxyl groups excluding tert-OH is 1. The van der Waals surface area contributed by atoms with E-state index in [0.717, 1.165) is 5.56 Å². The van der Waals surface area contributed by atoms with Crippen molar-refractivity contribution in [2.45, 2.75) is 6.29 Å². The summed E-state index contributed by atoms with van der Waals surface area (Å²) in [6, 6.07) is 9.83. The Kier molecular flexibility index (Phi) is 3.14. The molecule has 0 bridgehead atoms. The van der Waals surface area contributed by atoms with Gasteiger partial charge in [0.25, 0.3) is 0 Å². The van der Waals surface area contributed by atoms with Gasteiger partial charge >= 0.3 is 0 Å². The zero-order valence-electron chi connectivity index (χ0n) is 7.93. The Balaban J connectivity index is 1.96. The second-order valence-electron chi connectivity index (χ2n) is 3.46. The van der Waals surface area contributed by atoms with E-state index in [-0.39, 0.29) is 18.8 Å². The first-order valence-corrected chi connectivity index (χ1v) is 4.79. The molecule has 0 spiro atoms. The van der Waals surface area contributed by atoms with Crippen LogP contribution in [-0.2, 0) is 9.47 Å². The molecular weight excluding hydrogens is 180 g/mol. The van der Waals surface area contributed by atoms with Crippen LogP contribution in [0.5, 0.6) is 0 Å². The molecule has 0 saturated carbocycles. The molecule has 1 heterocycles. The fraction of sp³-hybridized carbons (Fsp3) is 0.455. The van der Waals surface area contributed by atoms with Crippen molar-refractivity contribution < 1.29 is 14.6 Å².